The third kappa shape index (κ3) is 3.19. The molecule has 0 saturated carbocycles. The predicted molar refractivity (Wildman–Crippen MR) is 86.5 cm³/mol. The van der Waals surface area contributed by atoms with Gasteiger partial charge in [-0.05, 0) is 42.8 Å². The molecule has 1 N–H and O–H groups in total. The normalized spacial score (nSPS) is 16.3. The zero-order valence-corrected chi connectivity index (χ0v) is 13.0. The first-order valence-corrected chi connectivity index (χ1v) is 8.75. The van der Waals surface area contributed by atoms with Gasteiger partial charge in [0.05, 0.1) is 17.0 Å². The summed E-state index contributed by atoms with van der Waals surface area (Å²) in [7, 11) is -3.23. The molecule has 1 heterocycles. The van der Waals surface area contributed by atoms with E-state index >= 15 is 0 Å². The number of sulfonamides is 1. The van der Waals surface area contributed by atoms with Crippen LogP contribution >= 0.6 is 0 Å². The number of benzene rings is 2. The lowest BCUT2D eigenvalue weighted by atomic mass is 10.2. The highest BCUT2D eigenvalue weighted by Crippen LogP contribution is 2.25. The van der Waals surface area contributed by atoms with Gasteiger partial charge in [0, 0.05) is 12.2 Å². The van der Waals surface area contributed by atoms with Crippen molar-refractivity contribution in [2.45, 2.75) is 6.42 Å². The van der Waals surface area contributed by atoms with Crippen LogP contribution in [0.25, 0.3) is 0 Å². The maximum absolute atomic E-state index is 13.6. The van der Waals surface area contributed by atoms with Gasteiger partial charge in [-0.1, -0.05) is 12.1 Å². The van der Waals surface area contributed by atoms with Crippen LogP contribution in [0.2, 0.25) is 0 Å². The molecule has 0 aromatic heterocycles. The van der Waals surface area contributed by atoms with Crippen LogP contribution in [-0.4, -0.2) is 26.6 Å². The average Bonchev–Trinajstić information content (AvgIpc) is 2.88. The van der Waals surface area contributed by atoms with E-state index in [2.05, 4.69) is 5.32 Å². The molecule has 2 aromatic carbocycles. The summed E-state index contributed by atoms with van der Waals surface area (Å²) in [5, 5.41) is 2.59. The highest BCUT2D eigenvalue weighted by molar-refractivity contribution is 7.93. The van der Waals surface area contributed by atoms with Crippen molar-refractivity contribution < 1.29 is 17.6 Å². The second-order valence-corrected chi connectivity index (χ2v) is 7.24. The summed E-state index contributed by atoms with van der Waals surface area (Å²) in [6.45, 7) is 0.462. The number of hydrogen-bond acceptors (Lipinski definition) is 3. The molecule has 2 aromatic rings. The maximum Gasteiger partial charge on any atom is 0.258 e. The van der Waals surface area contributed by atoms with Crippen LogP contribution in [0, 0.1) is 5.82 Å². The second kappa shape index (κ2) is 6.00. The minimum Gasteiger partial charge on any atom is -0.322 e. The molecule has 0 radical (unpaired) electrons. The summed E-state index contributed by atoms with van der Waals surface area (Å²) in [4.78, 5) is 12.0. The molecule has 1 fully saturated rings. The number of halogens is 1. The number of carbonyl (C=O) groups excluding carboxylic acids is 1. The van der Waals surface area contributed by atoms with E-state index in [1.807, 2.05) is 0 Å². The minimum absolute atomic E-state index is 0.0429. The van der Waals surface area contributed by atoms with E-state index in [4.69, 9.17) is 0 Å². The molecule has 1 saturated heterocycles. The van der Waals surface area contributed by atoms with Gasteiger partial charge >= 0.3 is 0 Å². The molecule has 5 nitrogen and oxygen atoms in total. The Morgan fingerprint density at radius 2 is 1.78 bits per heavy atom. The van der Waals surface area contributed by atoms with Gasteiger partial charge in [0.15, 0.2) is 0 Å². The van der Waals surface area contributed by atoms with Crippen LogP contribution in [0.4, 0.5) is 15.8 Å². The molecule has 23 heavy (non-hydrogen) atoms. The summed E-state index contributed by atoms with van der Waals surface area (Å²) >= 11 is 0. The first kappa shape index (κ1) is 15.5. The van der Waals surface area contributed by atoms with E-state index in [9.17, 15) is 17.6 Å². The van der Waals surface area contributed by atoms with Crippen molar-refractivity contribution in [1.29, 1.82) is 0 Å². The summed E-state index contributed by atoms with van der Waals surface area (Å²) in [6.07, 6.45) is 0.605. The Morgan fingerprint density at radius 3 is 2.39 bits per heavy atom. The van der Waals surface area contributed by atoms with E-state index in [0.717, 1.165) is 0 Å². The molecular weight excluding hydrogens is 319 g/mol. The number of nitrogens with one attached hydrogen (secondary N) is 1. The Bertz CT molecular complexity index is 835. The molecule has 0 unspecified atom stereocenters. The van der Waals surface area contributed by atoms with Crippen LogP contribution in [0.1, 0.15) is 16.8 Å². The molecule has 1 amide bonds. The van der Waals surface area contributed by atoms with Crippen LogP contribution in [-0.2, 0) is 10.0 Å². The lowest BCUT2D eigenvalue weighted by Crippen LogP contribution is -2.25. The summed E-state index contributed by atoms with van der Waals surface area (Å²) in [6, 6.07) is 12.2. The van der Waals surface area contributed by atoms with Gasteiger partial charge in [0.25, 0.3) is 5.91 Å². The quantitative estimate of drug-likeness (QED) is 0.938. The molecule has 120 valence electrons. The monoisotopic (exact) mass is 334 g/mol. The van der Waals surface area contributed by atoms with E-state index in [-0.39, 0.29) is 11.3 Å². The van der Waals surface area contributed by atoms with Crippen LogP contribution in [0.3, 0.4) is 0 Å². The van der Waals surface area contributed by atoms with Gasteiger partial charge in [-0.3, -0.25) is 9.10 Å². The van der Waals surface area contributed by atoms with Crippen molar-refractivity contribution in [3.8, 4) is 0 Å². The lowest BCUT2D eigenvalue weighted by Gasteiger charge is -2.17. The maximum atomic E-state index is 13.6. The number of carbonyl (C=O) groups is 1. The molecule has 0 aliphatic carbocycles. The van der Waals surface area contributed by atoms with Gasteiger partial charge in [-0.15, -0.1) is 0 Å². The minimum atomic E-state index is -3.23. The molecule has 0 atom stereocenters. The van der Waals surface area contributed by atoms with Crippen molar-refractivity contribution in [1.82, 2.24) is 0 Å². The van der Waals surface area contributed by atoms with Crippen LogP contribution in [0.15, 0.2) is 48.5 Å². The fourth-order valence-electron chi connectivity index (χ4n) is 2.48. The smallest absolute Gasteiger partial charge is 0.258 e. The summed E-state index contributed by atoms with van der Waals surface area (Å²) < 4.78 is 38.6. The summed E-state index contributed by atoms with van der Waals surface area (Å²) in [5.74, 6) is -0.992. The molecule has 0 spiro atoms. The van der Waals surface area contributed by atoms with Gasteiger partial charge in [0.2, 0.25) is 10.0 Å². The Kier molecular flexibility index (Phi) is 4.04. The molecular formula is C16H15FN2O3S. The van der Waals surface area contributed by atoms with Crippen molar-refractivity contribution in [2.75, 3.05) is 21.9 Å². The number of anilines is 2. The third-order valence-corrected chi connectivity index (χ3v) is 5.50. The molecule has 7 heteroatoms. The van der Waals surface area contributed by atoms with E-state index in [0.29, 0.717) is 24.3 Å². The van der Waals surface area contributed by atoms with Gasteiger partial charge < -0.3 is 5.32 Å². The average molecular weight is 334 g/mol. The van der Waals surface area contributed by atoms with Gasteiger partial charge in [0.1, 0.15) is 5.82 Å². The fourth-order valence-corrected chi connectivity index (χ4v) is 4.05. The number of amides is 1. The largest absolute Gasteiger partial charge is 0.322 e. The topological polar surface area (TPSA) is 66.5 Å². The predicted octanol–water partition coefficient (Wildman–Crippen LogP) is 2.62. The van der Waals surface area contributed by atoms with Crippen molar-refractivity contribution in [3.63, 3.8) is 0 Å². The Labute approximate surface area is 133 Å². The van der Waals surface area contributed by atoms with E-state index in [1.165, 1.54) is 22.5 Å². The molecule has 1 aliphatic heterocycles. The first-order chi connectivity index (χ1) is 11.0. The highest BCUT2D eigenvalue weighted by atomic mass is 32.2. The van der Waals surface area contributed by atoms with E-state index < -0.39 is 21.7 Å². The number of hydrogen-bond donors (Lipinski definition) is 1. The zero-order chi connectivity index (χ0) is 16.4. The van der Waals surface area contributed by atoms with Gasteiger partial charge in [-0.25, -0.2) is 12.8 Å². The second-order valence-electron chi connectivity index (χ2n) is 5.22. The highest BCUT2D eigenvalue weighted by Gasteiger charge is 2.28. The molecule has 1 aliphatic rings. The standard InChI is InChI=1S/C16H15FN2O3S/c17-15-5-2-1-4-14(15)16(20)18-12-6-8-13(9-7-12)19-10-3-11-23(19,21)22/h1-2,4-9H,3,10-11H2,(H,18,20). The fraction of sp³-hybridized carbons (Fsp3) is 0.188. The Morgan fingerprint density at radius 1 is 1.09 bits per heavy atom. The van der Waals surface area contributed by atoms with Crippen molar-refractivity contribution >= 4 is 27.3 Å². The van der Waals surface area contributed by atoms with Gasteiger partial charge in [-0.2, -0.15) is 0 Å². The third-order valence-electron chi connectivity index (χ3n) is 3.63. The Hall–Kier alpha value is -2.41. The SMILES string of the molecule is O=C(Nc1ccc(N2CCCS2(=O)=O)cc1)c1ccccc1F. The zero-order valence-electron chi connectivity index (χ0n) is 12.2. The summed E-state index contributed by atoms with van der Waals surface area (Å²) in [5.41, 5.74) is 0.990. The first-order valence-electron chi connectivity index (χ1n) is 7.14. The van der Waals surface area contributed by atoms with E-state index in [1.54, 1.807) is 30.3 Å². The van der Waals surface area contributed by atoms with Crippen molar-refractivity contribution in [3.05, 3.63) is 59.9 Å². The van der Waals surface area contributed by atoms with Crippen molar-refractivity contribution in [2.24, 2.45) is 0 Å². The number of rotatable bonds is 3. The van der Waals surface area contributed by atoms with Crippen LogP contribution < -0.4 is 9.62 Å². The van der Waals surface area contributed by atoms with Crippen LogP contribution in [0.5, 0.6) is 0 Å². The number of nitrogens with zero attached hydrogens (tertiary/aromatic N) is 1. The lowest BCUT2D eigenvalue weighted by molar-refractivity contribution is 0.102. The Balaban J connectivity index is 1.76. The molecule has 0 bridgehead atoms. The molecule has 3 rings (SSSR count).